The van der Waals surface area contributed by atoms with Crippen molar-refractivity contribution in [1.82, 2.24) is 14.9 Å². The lowest BCUT2D eigenvalue weighted by Crippen LogP contribution is -2.49. The molecule has 0 spiro atoms. The van der Waals surface area contributed by atoms with Gasteiger partial charge in [0.1, 0.15) is 5.82 Å². The van der Waals surface area contributed by atoms with Crippen molar-refractivity contribution in [3.63, 3.8) is 0 Å². The largest absolute Gasteiger partial charge is 0.383 e. The second-order valence-electron chi connectivity index (χ2n) is 9.54. The third kappa shape index (κ3) is 5.00. The van der Waals surface area contributed by atoms with Crippen LogP contribution >= 0.6 is 11.3 Å². The SMILES string of the molecule is Cc1cc(NC(=O)C(=O)N2C[C@@H](C)C(CC(C)C)C[C@@H]2c2ccc3scnc3c2)cnc1N. The van der Waals surface area contributed by atoms with Crippen LogP contribution in [0.2, 0.25) is 0 Å². The van der Waals surface area contributed by atoms with E-state index in [2.05, 4.69) is 54.3 Å². The minimum atomic E-state index is -0.657. The van der Waals surface area contributed by atoms with E-state index in [-0.39, 0.29) is 6.04 Å². The number of fused-ring (bicyclic) bond motifs is 1. The Morgan fingerprint density at radius 2 is 2.06 bits per heavy atom. The van der Waals surface area contributed by atoms with Gasteiger partial charge in [-0.25, -0.2) is 9.97 Å². The van der Waals surface area contributed by atoms with Crippen molar-refractivity contribution in [2.45, 2.75) is 46.6 Å². The summed E-state index contributed by atoms with van der Waals surface area (Å²) in [6.45, 7) is 9.00. The summed E-state index contributed by atoms with van der Waals surface area (Å²) in [7, 11) is 0. The highest BCUT2D eigenvalue weighted by Gasteiger charge is 2.39. The summed E-state index contributed by atoms with van der Waals surface area (Å²) < 4.78 is 1.11. The number of benzene rings is 1. The first-order chi connectivity index (χ1) is 15.7. The van der Waals surface area contributed by atoms with Crippen LogP contribution in [-0.2, 0) is 9.59 Å². The fourth-order valence-corrected chi connectivity index (χ4v) is 5.42. The summed E-state index contributed by atoms with van der Waals surface area (Å²) in [5.41, 5.74) is 10.8. The van der Waals surface area contributed by atoms with E-state index >= 15 is 0 Å². The van der Waals surface area contributed by atoms with Crippen molar-refractivity contribution >= 4 is 44.9 Å². The predicted octanol–water partition coefficient (Wildman–Crippen LogP) is 4.79. The van der Waals surface area contributed by atoms with E-state index in [4.69, 9.17) is 5.73 Å². The second kappa shape index (κ2) is 9.47. The van der Waals surface area contributed by atoms with E-state index in [1.165, 1.54) is 6.20 Å². The summed E-state index contributed by atoms with van der Waals surface area (Å²) in [5, 5.41) is 2.70. The Morgan fingerprint density at radius 1 is 1.27 bits per heavy atom. The van der Waals surface area contributed by atoms with Crippen LogP contribution in [0.1, 0.15) is 50.8 Å². The Bertz CT molecular complexity index is 1170. The number of hydrogen-bond acceptors (Lipinski definition) is 6. The molecule has 1 saturated heterocycles. The van der Waals surface area contributed by atoms with E-state index in [0.29, 0.717) is 35.8 Å². The normalized spacial score (nSPS) is 20.9. The van der Waals surface area contributed by atoms with Crippen molar-refractivity contribution in [1.29, 1.82) is 0 Å². The molecule has 0 saturated carbocycles. The van der Waals surface area contributed by atoms with Gasteiger partial charge in [-0.2, -0.15) is 0 Å². The van der Waals surface area contributed by atoms with E-state index in [0.717, 1.165) is 34.2 Å². The average molecular weight is 466 g/mol. The van der Waals surface area contributed by atoms with Gasteiger partial charge in [0.2, 0.25) is 0 Å². The Kier molecular flexibility index (Phi) is 6.65. The van der Waals surface area contributed by atoms with Crippen LogP contribution in [0.25, 0.3) is 10.2 Å². The zero-order valence-electron chi connectivity index (χ0n) is 19.5. The molecule has 0 bridgehead atoms. The highest BCUT2D eigenvalue weighted by atomic mass is 32.1. The number of nitrogens with zero attached hydrogens (tertiary/aromatic N) is 3. The minimum absolute atomic E-state index is 0.166. The number of carbonyl (C=O) groups excluding carboxylic acids is 2. The van der Waals surface area contributed by atoms with Gasteiger partial charge in [-0.05, 0) is 66.8 Å². The average Bonchev–Trinajstić information content (AvgIpc) is 3.24. The number of aromatic nitrogens is 2. The first-order valence-corrected chi connectivity index (χ1v) is 12.3. The molecule has 33 heavy (non-hydrogen) atoms. The lowest BCUT2D eigenvalue weighted by Gasteiger charge is -2.43. The van der Waals surface area contributed by atoms with Crippen molar-refractivity contribution in [3.8, 4) is 0 Å². The summed E-state index contributed by atoms with van der Waals surface area (Å²) in [5.74, 6) is 0.586. The molecular formula is C25H31N5O2S. The molecule has 1 aliphatic heterocycles. The molecule has 0 aliphatic carbocycles. The van der Waals surface area contributed by atoms with Crippen molar-refractivity contribution in [2.75, 3.05) is 17.6 Å². The molecule has 2 aromatic heterocycles. The fraction of sp³-hybridized carbons (Fsp3) is 0.440. The summed E-state index contributed by atoms with van der Waals surface area (Å²) >= 11 is 1.60. The van der Waals surface area contributed by atoms with Gasteiger partial charge in [-0.1, -0.05) is 26.8 Å². The number of thiazole rings is 1. The number of hydrogen-bond donors (Lipinski definition) is 2. The van der Waals surface area contributed by atoms with Crippen molar-refractivity contribution in [3.05, 3.63) is 47.1 Å². The molecule has 3 atom stereocenters. The molecule has 2 amide bonds. The molecule has 1 aromatic carbocycles. The van der Waals surface area contributed by atoms with Gasteiger partial charge in [0.15, 0.2) is 0 Å². The van der Waals surface area contributed by atoms with Crippen LogP contribution in [0.15, 0.2) is 36.0 Å². The van der Waals surface area contributed by atoms with Crippen molar-refractivity contribution in [2.24, 2.45) is 17.8 Å². The third-order valence-electron chi connectivity index (χ3n) is 6.54. The van der Waals surface area contributed by atoms with Gasteiger partial charge < -0.3 is 16.0 Å². The van der Waals surface area contributed by atoms with E-state index in [1.54, 1.807) is 22.3 Å². The Balaban J connectivity index is 1.61. The van der Waals surface area contributed by atoms with Crippen LogP contribution < -0.4 is 11.1 Å². The molecule has 3 N–H and O–H groups in total. The molecule has 0 radical (unpaired) electrons. The molecule has 7 nitrogen and oxygen atoms in total. The zero-order chi connectivity index (χ0) is 23.7. The smallest absolute Gasteiger partial charge is 0.313 e. The molecule has 4 rings (SSSR count). The first kappa shape index (κ1) is 23.2. The van der Waals surface area contributed by atoms with Gasteiger partial charge in [0.05, 0.1) is 33.7 Å². The topological polar surface area (TPSA) is 101 Å². The standard InChI is InChI=1S/C25H31N5O2S/c1-14(2)7-18-10-21(17-5-6-22-20(9-17)28-13-33-22)30(12-16(18)4)25(32)24(31)29-19-8-15(3)23(26)27-11-19/h5-6,8-9,11,13-14,16,18,21H,7,10,12H2,1-4H3,(H2,26,27)(H,29,31)/t16-,18?,21-/m1/s1. The Labute approximate surface area is 198 Å². The number of aryl methyl sites for hydroxylation is 1. The van der Waals surface area contributed by atoms with Gasteiger partial charge in [0.25, 0.3) is 0 Å². The number of carbonyl (C=O) groups is 2. The monoisotopic (exact) mass is 465 g/mol. The summed E-state index contributed by atoms with van der Waals surface area (Å²) in [4.78, 5) is 36.6. The maximum atomic E-state index is 13.4. The lowest BCUT2D eigenvalue weighted by molar-refractivity contribution is -0.147. The number of pyridine rings is 1. The highest BCUT2D eigenvalue weighted by Crippen LogP contribution is 2.40. The summed E-state index contributed by atoms with van der Waals surface area (Å²) in [6, 6.07) is 7.74. The maximum absolute atomic E-state index is 13.4. The quantitative estimate of drug-likeness (QED) is 0.539. The van der Waals surface area contributed by atoms with Crippen molar-refractivity contribution < 1.29 is 9.59 Å². The number of anilines is 2. The number of nitrogen functional groups attached to an aromatic ring is 1. The molecule has 1 fully saturated rings. The number of nitrogens with two attached hydrogens (primary N) is 1. The minimum Gasteiger partial charge on any atom is -0.383 e. The van der Waals surface area contributed by atoms with Crippen LogP contribution in [0.4, 0.5) is 11.5 Å². The number of rotatable bonds is 4. The molecule has 1 aliphatic rings. The van der Waals surface area contributed by atoms with E-state index in [1.807, 2.05) is 12.4 Å². The van der Waals surface area contributed by atoms with Crippen LogP contribution in [0.3, 0.4) is 0 Å². The second-order valence-corrected chi connectivity index (χ2v) is 10.4. The highest BCUT2D eigenvalue weighted by molar-refractivity contribution is 7.16. The molecule has 3 aromatic rings. The number of piperidine rings is 1. The predicted molar refractivity (Wildman–Crippen MR) is 133 cm³/mol. The molecular weight excluding hydrogens is 434 g/mol. The van der Waals surface area contributed by atoms with Crippen LogP contribution in [-0.4, -0.2) is 33.2 Å². The maximum Gasteiger partial charge on any atom is 0.313 e. The van der Waals surface area contributed by atoms with Crippen LogP contribution in [0, 0.1) is 24.7 Å². The van der Waals surface area contributed by atoms with Gasteiger partial charge in [-0.3, -0.25) is 9.59 Å². The molecule has 3 heterocycles. The fourth-order valence-electron chi connectivity index (χ4n) is 4.76. The van der Waals surface area contributed by atoms with E-state index < -0.39 is 11.8 Å². The molecule has 1 unspecified atom stereocenters. The Hall–Kier alpha value is -3.00. The van der Waals surface area contributed by atoms with E-state index in [9.17, 15) is 9.59 Å². The number of amides is 2. The Morgan fingerprint density at radius 3 is 2.79 bits per heavy atom. The lowest BCUT2D eigenvalue weighted by atomic mass is 9.76. The zero-order valence-corrected chi connectivity index (χ0v) is 20.4. The first-order valence-electron chi connectivity index (χ1n) is 11.4. The number of nitrogens with one attached hydrogen (secondary N) is 1. The molecule has 174 valence electrons. The molecule has 8 heteroatoms. The van der Waals surface area contributed by atoms with Gasteiger partial charge in [-0.15, -0.1) is 11.3 Å². The summed E-state index contributed by atoms with van der Waals surface area (Å²) in [6.07, 6.45) is 3.40. The third-order valence-corrected chi connectivity index (χ3v) is 7.35. The van der Waals surface area contributed by atoms with Gasteiger partial charge >= 0.3 is 11.8 Å². The van der Waals surface area contributed by atoms with Crippen LogP contribution in [0.5, 0.6) is 0 Å². The number of likely N-dealkylation sites (tertiary alicyclic amines) is 1. The van der Waals surface area contributed by atoms with Gasteiger partial charge in [0, 0.05) is 6.54 Å².